The monoisotopic (exact) mass is 375 g/mol. The van der Waals surface area contributed by atoms with Gasteiger partial charge in [0, 0.05) is 18.1 Å². The number of hydrogen-bond acceptors (Lipinski definition) is 3. The van der Waals surface area contributed by atoms with Crippen LogP contribution >= 0.6 is 11.6 Å². The number of benzene rings is 2. The second kappa shape index (κ2) is 9.92. The number of hydrogen-bond donors (Lipinski definition) is 3. The third-order valence-electron chi connectivity index (χ3n) is 4.02. The van der Waals surface area contributed by atoms with Crippen LogP contribution in [-0.2, 0) is 6.42 Å². The van der Waals surface area contributed by atoms with E-state index >= 15 is 0 Å². The number of ether oxygens (including phenoxy) is 1. The van der Waals surface area contributed by atoms with E-state index in [-0.39, 0.29) is 11.8 Å². The Balaban J connectivity index is 2.01. The van der Waals surface area contributed by atoms with Crippen molar-refractivity contribution in [1.82, 2.24) is 10.6 Å². The molecule has 0 aliphatic rings. The van der Waals surface area contributed by atoms with Crippen molar-refractivity contribution in [2.24, 2.45) is 4.99 Å². The quantitative estimate of drug-likeness (QED) is 0.507. The minimum absolute atomic E-state index is 0.0929. The third kappa shape index (κ3) is 5.56. The van der Waals surface area contributed by atoms with E-state index in [0.717, 1.165) is 28.7 Å². The van der Waals surface area contributed by atoms with Crippen LogP contribution in [0, 0.1) is 0 Å². The molecule has 1 atom stereocenters. The first-order chi connectivity index (χ1) is 12.5. The topological polar surface area (TPSA) is 65.9 Å². The summed E-state index contributed by atoms with van der Waals surface area (Å²) in [5.41, 5.74) is 1.94. The molecule has 2 rings (SSSR count). The van der Waals surface area contributed by atoms with Gasteiger partial charge in [-0.2, -0.15) is 0 Å². The van der Waals surface area contributed by atoms with Gasteiger partial charge in [-0.3, -0.25) is 4.99 Å². The molecule has 5 nitrogen and oxygen atoms in total. The largest absolute Gasteiger partial charge is 0.504 e. The molecule has 0 bridgehead atoms. The second-order valence-corrected chi connectivity index (χ2v) is 6.33. The molecule has 2 aromatic rings. The molecule has 0 heterocycles. The van der Waals surface area contributed by atoms with Crippen molar-refractivity contribution in [3.63, 3.8) is 0 Å². The Morgan fingerprint density at radius 3 is 2.62 bits per heavy atom. The number of phenols is 1. The summed E-state index contributed by atoms with van der Waals surface area (Å²) in [4.78, 5) is 4.60. The molecule has 0 aromatic heterocycles. The minimum atomic E-state index is 0.0929. The highest BCUT2D eigenvalue weighted by molar-refractivity contribution is 6.30. The molecular weight excluding hydrogens is 350 g/mol. The van der Waals surface area contributed by atoms with Gasteiger partial charge < -0.3 is 20.5 Å². The maximum Gasteiger partial charge on any atom is 0.191 e. The molecule has 0 saturated heterocycles. The Bertz CT molecular complexity index is 732. The molecular formula is C20H26ClN3O2. The predicted octanol–water partition coefficient (Wildman–Crippen LogP) is 3.91. The Morgan fingerprint density at radius 1 is 1.23 bits per heavy atom. The van der Waals surface area contributed by atoms with Crippen molar-refractivity contribution in [2.45, 2.75) is 26.3 Å². The molecule has 0 aliphatic heterocycles. The third-order valence-corrected chi connectivity index (χ3v) is 4.27. The molecule has 0 aliphatic carbocycles. The first kappa shape index (κ1) is 19.9. The van der Waals surface area contributed by atoms with Gasteiger partial charge in [0.1, 0.15) is 0 Å². The molecule has 1 unspecified atom stereocenters. The lowest BCUT2D eigenvalue weighted by molar-refractivity contribution is 0.370. The Kier molecular flexibility index (Phi) is 7.60. The smallest absolute Gasteiger partial charge is 0.191 e. The number of aromatic hydroxyl groups is 1. The molecule has 0 radical (unpaired) electrons. The molecule has 6 heteroatoms. The fourth-order valence-electron chi connectivity index (χ4n) is 2.58. The van der Waals surface area contributed by atoms with Crippen LogP contribution < -0.4 is 15.4 Å². The maximum absolute atomic E-state index is 10.2. The summed E-state index contributed by atoms with van der Waals surface area (Å²) in [5, 5.41) is 17.5. The first-order valence-corrected chi connectivity index (χ1v) is 9.08. The Hall–Kier alpha value is -2.40. The highest BCUT2D eigenvalue weighted by Gasteiger charge is 2.09. The van der Waals surface area contributed by atoms with Crippen LogP contribution in [0.2, 0.25) is 5.02 Å². The number of methoxy groups -OCH3 is 1. The molecule has 0 spiro atoms. The zero-order chi connectivity index (χ0) is 18.9. The van der Waals surface area contributed by atoms with Crippen LogP contribution in [-0.4, -0.2) is 31.3 Å². The number of nitrogens with zero attached hydrogens (tertiary/aromatic N) is 1. The van der Waals surface area contributed by atoms with Crippen molar-refractivity contribution >= 4 is 17.6 Å². The van der Waals surface area contributed by atoms with E-state index < -0.39 is 0 Å². The van der Waals surface area contributed by atoms with Gasteiger partial charge in [-0.25, -0.2) is 0 Å². The molecule has 3 N–H and O–H groups in total. The zero-order valence-corrected chi connectivity index (χ0v) is 16.2. The average Bonchev–Trinajstić information content (AvgIpc) is 2.63. The van der Waals surface area contributed by atoms with E-state index in [1.54, 1.807) is 13.2 Å². The molecule has 0 saturated carbocycles. The highest BCUT2D eigenvalue weighted by atomic mass is 35.5. The number of guanidine groups is 1. The van der Waals surface area contributed by atoms with Crippen LogP contribution in [0.5, 0.6) is 11.5 Å². The van der Waals surface area contributed by atoms with E-state index in [4.69, 9.17) is 16.3 Å². The summed E-state index contributed by atoms with van der Waals surface area (Å²) < 4.78 is 5.14. The van der Waals surface area contributed by atoms with E-state index in [1.165, 1.54) is 0 Å². The summed E-state index contributed by atoms with van der Waals surface area (Å²) in [7, 11) is 1.54. The standard InChI is InChI=1S/C20H26ClN3O2/c1-4-22-20(24-14(2)15-8-10-17(21)11-9-15)23-13-12-16-6-5-7-18(26-3)19(16)25/h5-11,14,25H,4,12-13H2,1-3H3,(H2,22,23,24). The van der Waals surface area contributed by atoms with Crippen molar-refractivity contribution in [3.8, 4) is 11.5 Å². The molecule has 0 amide bonds. The minimum Gasteiger partial charge on any atom is -0.504 e. The van der Waals surface area contributed by atoms with Gasteiger partial charge in [-0.05, 0) is 49.6 Å². The number of nitrogens with one attached hydrogen (secondary N) is 2. The summed E-state index contributed by atoms with van der Waals surface area (Å²) in [6.07, 6.45) is 0.620. The number of phenolic OH excluding ortho intramolecular Hbond substituents is 1. The maximum atomic E-state index is 10.2. The fraction of sp³-hybridized carbons (Fsp3) is 0.350. The summed E-state index contributed by atoms with van der Waals surface area (Å²) in [6.45, 7) is 5.41. The van der Waals surface area contributed by atoms with E-state index in [0.29, 0.717) is 18.7 Å². The van der Waals surface area contributed by atoms with E-state index in [1.807, 2.05) is 43.3 Å². The van der Waals surface area contributed by atoms with Crippen LogP contribution in [0.3, 0.4) is 0 Å². The van der Waals surface area contributed by atoms with Gasteiger partial charge in [0.2, 0.25) is 0 Å². The molecule has 0 fully saturated rings. The normalized spacial score (nSPS) is 12.5. The highest BCUT2D eigenvalue weighted by Crippen LogP contribution is 2.29. The summed E-state index contributed by atoms with van der Waals surface area (Å²) in [5.74, 6) is 1.39. The number of aliphatic imine (C=N–C) groups is 1. The number of rotatable bonds is 7. The van der Waals surface area contributed by atoms with Crippen molar-refractivity contribution in [1.29, 1.82) is 0 Å². The van der Waals surface area contributed by atoms with Crippen molar-refractivity contribution in [3.05, 3.63) is 58.6 Å². The van der Waals surface area contributed by atoms with Gasteiger partial charge in [0.25, 0.3) is 0 Å². The SMILES string of the molecule is CCNC(=NCCc1cccc(OC)c1O)NC(C)c1ccc(Cl)cc1. The van der Waals surface area contributed by atoms with Gasteiger partial charge in [0.15, 0.2) is 17.5 Å². The second-order valence-electron chi connectivity index (χ2n) is 5.90. The molecule has 140 valence electrons. The van der Waals surface area contributed by atoms with Gasteiger partial charge in [-0.15, -0.1) is 0 Å². The van der Waals surface area contributed by atoms with E-state index in [9.17, 15) is 5.11 Å². The van der Waals surface area contributed by atoms with Crippen molar-refractivity contribution < 1.29 is 9.84 Å². The number of para-hydroxylation sites is 1. The van der Waals surface area contributed by atoms with Crippen LogP contribution in [0.1, 0.15) is 31.0 Å². The Morgan fingerprint density at radius 2 is 1.96 bits per heavy atom. The van der Waals surface area contributed by atoms with Crippen LogP contribution in [0.25, 0.3) is 0 Å². The first-order valence-electron chi connectivity index (χ1n) is 8.70. The molecule has 26 heavy (non-hydrogen) atoms. The fourth-order valence-corrected chi connectivity index (χ4v) is 2.71. The predicted molar refractivity (Wildman–Crippen MR) is 107 cm³/mol. The summed E-state index contributed by atoms with van der Waals surface area (Å²) >= 11 is 5.95. The van der Waals surface area contributed by atoms with Crippen LogP contribution in [0.15, 0.2) is 47.5 Å². The lowest BCUT2D eigenvalue weighted by Crippen LogP contribution is -2.38. The van der Waals surface area contributed by atoms with Crippen LogP contribution in [0.4, 0.5) is 0 Å². The average molecular weight is 376 g/mol. The zero-order valence-electron chi connectivity index (χ0n) is 15.4. The van der Waals surface area contributed by atoms with Gasteiger partial charge in [-0.1, -0.05) is 35.9 Å². The molecule has 2 aromatic carbocycles. The lowest BCUT2D eigenvalue weighted by atomic mass is 10.1. The van der Waals surface area contributed by atoms with Crippen molar-refractivity contribution in [2.75, 3.05) is 20.2 Å². The number of halogens is 1. The van der Waals surface area contributed by atoms with Gasteiger partial charge >= 0.3 is 0 Å². The lowest BCUT2D eigenvalue weighted by Gasteiger charge is -2.18. The van der Waals surface area contributed by atoms with Gasteiger partial charge in [0.05, 0.1) is 13.2 Å². The Labute approximate surface area is 160 Å². The van der Waals surface area contributed by atoms with E-state index in [2.05, 4.69) is 22.5 Å². The summed E-state index contributed by atoms with van der Waals surface area (Å²) in [6, 6.07) is 13.3.